The maximum atomic E-state index is 11.6. The number of hydrogen-bond acceptors (Lipinski definition) is 4. The minimum atomic E-state index is -0.634. The Morgan fingerprint density at radius 2 is 2.11 bits per heavy atom. The molecule has 0 spiro atoms. The third-order valence-corrected chi connectivity index (χ3v) is 2.25. The summed E-state index contributed by atoms with van der Waals surface area (Å²) in [5, 5.41) is 2.14. The number of esters is 1. The van der Waals surface area contributed by atoms with Crippen LogP contribution in [0.25, 0.3) is 0 Å². The van der Waals surface area contributed by atoms with E-state index in [9.17, 15) is 14.4 Å². The van der Waals surface area contributed by atoms with Crippen molar-refractivity contribution in [3.8, 4) is 0 Å². The molecule has 0 radical (unpaired) electrons. The highest BCUT2D eigenvalue weighted by Crippen LogP contribution is 1.99. The number of carbonyl (C=O) groups is 3. The van der Waals surface area contributed by atoms with E-state index >= 15 is 0 Å². The van der Waals surface area contributed by atoms with Crippen LogP contribution in [0.5, 0.6) is 0 Å². The second kappa shape index (κ2) is 6.58. The number of carbonyl (C=O) groups excluding carboxylic acids is 3. The lowest BCUT2D eigenvalue weighted by molar-refractivity contribution is -0.148. The van der Waals surface area contributed by atoms with Gasteiger partial charge in [0.05, 0.1) is 0 Å². The van der Waals surface area contributed by atoms with Crippen molar-refractivity contribution in [1.29, 1.82) is 0 Å². The van der Waals surface area contributed by atoms with Gasteiger partial charge in [-0.05, 0) is 18.6 Å². The fourth-order valence-electron chi connectivity index (χ4n) is 1.35. The highest BCUT2D eigenvalue weighted by atomic mass is 16.5. The number of hydrogen-bond donors (Lipinski definition) is 1. The van der Waals surface area contributed by atoms with Gasteiger partial charge in [0.25, 0.3) is 11.8 Å². The van der Waals surface area contributed by atoms with Gasteiger partial charge in [0, 0.05) is 19.7 Å². The van der Waals surface area contributed by atoms with Crippen molar-refractivity contribution >= 4 is 17.8 Å². The fourth-order valence-corrected chi connectivity index (χ4v) is 1.35. The molecule has 1 N–H and O–H groups in total. The number of aryl methyl sites for hydroxylation is 1. The molecule has 0 fully saturated rings. The summed E-state index contributed by atoms with van der Waals surface area (Å²) in [5.41, 5.74) is 0.364. The molecule has 0 aliphatic rings. The fraction of sp³-hybridized carbons (Fsp3) is 0.417. The van der Waals surface area contributed by atoms with E-state index in [0.717, 1.165) is 0 Å². The molecule has 18 heavy (non-hydrogen) atoms. The van der Waals surface area contributed by atoms with Gasteiger partial charge in [-0.2, -0.15) is 0 Å². The molecule has 1 aromatic heterocycles. The molecule has 0 atom stereocenters. The molecule has 1 aromatic rings. The van der Waals surface area contributed by atoms with E-state index in [2.05, 4.69) is 10.1 Å². The first-order valence-electron chi connectivity index (χ1n) is 5.65. The minimum absolute atomic E-state index is 0.263. The Morgan fingerprint density at radius 3 is 2.67 bits per heavy atom. The number of aromatic nitrogens is 1. The number of nitrogens with zero attached hydrogens (tertiary/aromatic N) is 1. The predicted molar refractivity (Wildman–Crippen MR) is 63.8 cm³/mol. The Labute approximate surface area is 105 Å². The third-order valence-electron chi connectivity index (χ3n) is 2.25. The van der Waals surface area contributed by atoms with Crippen molar-refractivity contribution in [2.45, 2.75) is 19.8 Å². The summed E-state index contributed by atoms with van der Waals surface area (Å²) < 4.78 is 6.27. The van der Waals surface area contributed by atoms with Crippen LogP contribution in [0.1, 0.15) is 30.3 Å². The third kappa shape index (κ3) is 4.04. The maximum absolute atomic E-state index is 11.6. The average molecular weight is 252 g/mol. The molecular formula is C12H16N2O4. The Balaban J connectivity index is 2.39. The molecule has 0 saturated heterocycles. The standard InChI is InChI=1S/C12H16N2O4/c1-3-5-11(16)18-8-10(15)13-12(17)9-6-4-7-14(9)2/h4,6-7H,3,5,8H2,1-2H3,(H,13,15,17). The van der Waals surface area contributed by atoms with Crippen LogP contribution < -0.4 is 5.32 Å². The van der Waals surface area contributed by atoms with Crippen molar-refractivity contribution in [2.75, 3.05) is 6.61 Å². The van der Waals surface area contributed by atoms with Crippen molar-refractivity contribution in [3.63, 3.8) is 0 Å². The number of nitrogens with one attached hydrogen (secondary N) is 1. The van der Waals surface area contributed by atoms with Crippen molar-refractivity contribution in [2.24, 2.45) is 7.05 Å². The molecule has 0 saturated carbocycles. The van der Waals surface area contributed by atoms with E-state index in [1.165, 1.54) is 0 Å². The number of ether oxygens (including phenoxy) is 1. The van der Waals surface area contributed by atoms with Gasteiger partial charge in [0.2, 0.25) is 0 Å². The van der Waals surface area contributed by atoms with Crippen molar-refractivity contribution < 1.29 is 19.1 Å². The van der Waals surface area contributed by atoms with Gasteiger partial charge in [0.1, 0.15) is 5.69 Å². The van der Waals surface area contributed by atoms with Gasteiger partial charge >= 0.3 is 5.97 Å². The van der Waals surface area contributed by atoms with Gasteiger partial charge in [0.15, 0.2) is 6.61 Å². The highest BCUT2D eigenvalue weighted by molar-refractivity contribution is 6.04. The Morgan fingerprint density at radius 1 is 1.39 bits per heavy atom. The molecule has 98 valence electrons. The topological polar surface area (TPSA) is 77.4 Å². The molecule has 6 nitrogen and oxygen atoms in total. The average Bonchev–Trinajstić information content (AvgIpc) is 2.73. The Hall–Kier alpha value is -2.11. The molecule has 1 rings (SSSR count). The number of amides is 2. The first kappa shape index (κ1) is 14.0. The van der Waals surface area contributed by atoms with Crippen LogP contribution in [0.15, 0.2) is 18.3 Å². The molecule has 0 aromatic carbocycles. The lowest BCUT2D eigenvalue weighted by Crippen LogP contribution is -2.35. The molecule has 0 aliphatic heterocycles. The highest BCUT2D eigenvalue weighted by Gasteiger charge is 2.13. The zero-order valence-corrected chi connectivity index (χ0v) is 10.4. The van der Waals surface area contributed by atoms with E-state index in [1.54, 1.807) is 29.9 Å². The summed E-state index contributed by atoms with van der Waals surface area (Å²) in [6.45, 7) is 1.40. The Kier molecular flexibility index (Phi) is 5.10. The summed E-state index contributed by atoms with van der Waals surface area (Å²) in [4.78, 5) is 34.0. The Bertz CT molecular complexity index is 451. The SMILES string of the molecule is CCCC(=O)OCC(=O)NC(=O)c1cccn1C. The first-order chi connectivity index (χ1) is 8.54. The molecule has 2 amide bonds. The second-order valence-corrected chi connectivity index (χ2v) is 3.79. The van der Waals surface area contributed by atoms with Crippen LogP contribution in [0.3, 0.4) is 0 Å². The van der Waals surface area contributed by atoms with Crippen LogP contribution in [0, 0.1) is 0 Å². The van der Waals surface area contributed by atoms with E-state index in [1.807, 2.05) is 6.92 Å². The number of imide groups is 1. The molecule has 6 heteroatoms. The van der Waals surface area contributed by atoms with Gasteiger partial charge < -0.3 is 9.30 Å². The molecule has 1 heterocycles. The van der Waals surface area contributed by atoms with Gasteiger partial charge in [-0.3, -0.25) is 19.7 Å². The van der Waals surface area contributed by atoms with Crippen LogP contribution in [0.2, 0.25) is 0 Å². The lowest BCUT2D eigenvalue weighted by atomic mass is 10.3. The zero-order valence-electron chi connectivity index (χ0n) is 10.4. The molecule has 0 aliphatic carbocycles. The molecule has 0 unspecified atom stereocenters. The summed E-state index contributed by atoms with van der Waals surface area (Å²) >= 11 is 0. The van der Waals surface area contributed by atoms with Crippen LogP contribution >= 0.6 is 0 Å². The van der Waals surface area contributed by atoms with Gasteiger partial charge in [-0.25, -0.2) is 0 Å². The van der Waals surface area contributed by atoms with Crippen molar-refractivity contribution in [3.05, 3.63) is 24.0 Å². The second-order valence-electron chi connectivity index (χ2n) is 3.79. The smallest absolute Gasteiger partial charge is 0.306 e. The molecular weight excluding hydrogens is 236 g/mol. The summed E-state index contributed by atoms with van der Waals surface area (Å²) in [5.74, 6) is -1.59. The van der Waals surface area contributed by atoms with E-state index in [-0.39, 0.29) is 6.42 Å². The number of rotatable bonds is 5. The minimum Gasteiger partial charge on any atom is -0.456 e. The summed E-state index contributed by atoms with van der Waals surface area (Å²) in [6.07, 6.45) is 2.61. The summed E-state index contributed by atoms with van der Waals surface area (Å²) in [6, 6.07) is 3.28. The summed E-state index contributed by atoms with van der Waals surface area (Å²) in [7, 11) is 1.70. The maximum Gasteiger partial charge on any atom is 0.306 e. The normalized spacial score (nSPS) is 9.89. The van der Waals surface area contributed by atoms with Crippen LogP contribution in [-0.4, -0.2) is 29.0 Å². The van der Waals surface area contributed by atoms with E-state index < -0.39 is 24.4 Å². The van der Waals surface area contributed by atoms with Gasteiger partial charge in [-0.15, -0.1) is 0 Å². The largest absolute Gasteiger partial charge is 0.456 e. The monoisotopic (exact) mass is 252 g/mol. The quantitative estimate of drug-likeness (QED) is 0.779. The molecule has 0 bridgehead atoms. The van der Waals surface area contributed by atoms with Gasteiger partial charge in [-0.1, -0.05) is 6.92 Å². The van der Waals surface area contributed by atoms with E-state index in [4.69, 9.17) is 0 Å². The first-order valence-corrected chi connectivity index (χ1v) is 5.65. The van der Waals surface area contributed by atoms with E-state index in [0.29, 0.717) is 12.1 Å². The van der Waals surface area contributed by atoms with Crippen molar-refractivity contribution in [1.82, 2.24) is 9.88 Å². The predicted octanol–water partition coefficient (Wildman–Crippen LogP) is 0.625. The van der Waals surface area contributed by atoms with Crippen LogP contribution in [-0.2, 0) is 21.4 Å². The van der Waals surface area contributed by atoms with Crippen LogP contribution in [0.4, 0.5) is 0 Å². The zero-order chi connectivity index (χ0) is 13.5. The lowest BCUT2D eigenvalue weighted by Gasteiger charge is -2.06.